The highest BCUT2D eigenvalue weighted by atomic mass is 35.5. The maximum absolute atomic E-state index is 12.1. The molecular formula is C17H16Cl2N2O3. The van der Waals surface area contributed by atoms with E-state index in [0.29, 0.717) is 27.9 Å². The fraction of sp³-hybridized carbons (Fsp3) is 0.176. The van der Waals surface area contributed by atoms with Crippen LogP contribution in [0.25, 0.3) is 0 Å². The van der Waals surface area contributed by atoms with E-state index in [-0.39, 0.29) is 12.5 Å². The summed E-state index contributed by atoms with van der Waals surface area (Å²) in [5.41, 5.74) is 1.79. The van der Waals surface area contributed by atoms with Crippen LogP contribution >= 0.6 is 23.2 Å². The molecular weight excluding hydrogens is 351 g/mol. The third-order valence-electron chi connectivity index (χ3n) is 3.12. The zero-order valence-corrected chi connectivity index (χ0v) is 14.4. The molecule has 0 aliphatic rings. The van der Waals surface area contributed by atoms with Gasteiger partial charge >= 0.3 is 6.09 Å². The van der Waals surface area contributed by atoms with Gasteiger partial charge < -0.3 is 10.1 Å². The number of halogens is 2. The number of carbonyl (C=O) groups is 2. The van der Waals surface area contributed by atoms with Gasteiger partial charge in [0.05, 0.1) is 6.61 Å². The number of ether oxygens (including phenoxy) is 1. The Labute approximate surface area is 149 Å². The maximum Gasteiger partial charge on any atom is 0.411 e. The Hall–Kier alpha value is -2.24. The molecule has 0 bridgehead atoms. The van der Waals surface area contributed by atoms with Crippen molar-refractivity contribution in [3.05, 3.63) is 63.6 Å². The van der Waals surface area contributed by atoms with E-state index in [1.165, 1.54) is 0 Å². The minimum absolute atomic E-state index is 0.247. The SMILES string of the molecule is CCOC(=O)Nc1ccc(C(=O)NCc2ccc(Cl)cc2Cl)cc1. The predicted molar refractivity (Wildman–Crippen MR) is 94.7 cm³/mol. The molecule has 0 aliphatic carbocycles. The molecule has 7 heteroatoms. The molecule has 2 rings (SSSR count). The molecule has 0 aromatic heterocycles. The quantitative estimate of drug-likeness (QED) is 0.818. The Kier molecular flexibility index (Phi) is 6.46. The lowest BCUT2D eigenvalue weighted by Gasteiger charge is -2.09. The molecule has 0 spiro atoms. The fourth-order valence-electron chi connectivity index (χ4n) is 1.93. The number of hydrogen-bond donors (Lipinski definition) is 2. The molecule has 2 aromatic rings. The van der Waals surface area contributed by atoms with E-state index < -0.39 is 6.09 Å². The molecule has 2 N–H and O–H groups in total. The summed E-state index contributed by atoms with van der Waals surface area (Å²) in [4.78, 5) is 23.5. The van der Waals surface area contributed by atoms with E-state index in [4.69, 9.17) is 27.9 Å². The lowest BCUT2D eigenvalue weighted by atomic mass is 10.1. The second-order valence-corrected chi connectivity index (χ2v) is 5.68. The van der Waals surface area contributed by atoms with Crippen molar-refractivity contribution in [2.75, 3.05) is 11.9 Å². The lowest BCUT2D eigenvalue weighted by molar-refractivity contribution is 0.0951. The summed E-state index contributed by atoms with van der Waals surface area (Å²) in [5.74, 6) is -0.247. The van der Waals surface area contributed by atoms with E-state index in [9.17, 15) is 9.59 Å². The van der Waals surface area contributed by atoms with E-state index in [0.717, 1.165) is 5.56 Å². The molecule has 0 radical (unpaired) electrons. The molecule has 0 heterocycles. The van der Waals surface area contributed by atoms with E-state index in [1.54, 1.807) is 49.4 Å². The second-order valence-electron chi connectivity index (χ2n) is 4.84. The van der Waals surface area contributed by atoms with Crippen molar-refractivity contribution >= 4 is 40.9 Å². The summed E-state index contributed by atoms with van der Waals surface area (Å²) < 4.78 is 4.78. The highest BCUT2D eigenvalue weighted by Gasteiger charge is 2.08. The largest absolute Gasteiger partial charge is 0.450 e. The molecule has 0 saturated carbocycles. The first-order valence-corrected chi connectivity index (χ1v) is 8.01. The van der Waals surface area contributed by atoms with Crippen molar-refractivity contribution in [1.29, 1.82) is 0 Å². The lowest BCUT2D eigenvalue weighted by Crippen LogP contribution is -2.23. The highest BCUT2D eigenvalue weighted by Crippen LogP contribution is 2.20. The monoisotopic (exact) mass is 366 g/mol. The first-order chi connectivity index (χ1) is 11.5. The minimum Gasteiger partial charge on any atom is -0.450 e. The zero-order valence-electron chi connectivity index (χ0n) is 12.9. The van der Waals surface area contributed by atoms with Crippen LogP contribution in [0.15, 0.2) is 42.5 Å². The van der Waals surface area contributed by atoms with Gasteiger partial charge in [0.15, 0.2) is 0 Å². The van der Waals surface area contributed by atoms with Gasteiger partial charge in [0.2, 0.25) is 0 Å². The van der Waals surface area contributed by atoms with Gasteiger partial charge in [-0.25, -0.2) is 4.79 Å². The highest BCUT2D eigenvalue weighted by molar-refractivity contribution is 6.35. The fourth-order valence-corrected chi connectivity index (χ4v) is 2.41. The number of rotatable bonds is 5. The average molecular weight is 367 g/mol. The van der Waals surface area contributed by atoms with Crippen LogP contribution in [0, 0.1) is 0 Å². The van der Waals surface area contributed by atoms with Crippen molar-refractivity contribution in [3.63, 3.8) is 0 Å². The van der Waals surface area contributed by atoms with Crippen molar-refractivity contribution in [2.45, 2.75) is 13.5 Å². The third-order valence-corrected chi connectivity index (χ3v) is 3.71. The van der Waals surface area contributed by atoms with Crippen LogP contribution in [-0.2, 0) is 11.3 Å². The van der Waals surface area contributed by atoms with E-state index in [1.807, 2.05) is 0 Å². The molecule has 2 aromatic carbocycles. The van der Waals surface area contributed by atoms with Crippen LogP contribution in [0.3, 0.4) is 0 Å². The standard InChI is InChI=1S/C17H16Cl2N2O3/c1-2-24-17(23)21-14-7-4-11(5-8-14)16(22)20-10-12-3-6-13(18)9-15(12)19/h3-9H,2,10H2,1H3,(H,20,22)(H,21,23). The number of amides is 2. The van der Waals surface area contributed by atoms with Crippen LogP contribution < -0.4 is 10.6 Å². The van der Waals surface area contributed by atoms with Crippen LogP contribution in [0.2, 0.25) is 10.0 Å². The summed E-state index contributed by atoms with van der Waals surface area (Å²) in [6, 6.07) is 11.6. The molecule has 0 atom stereocenters. The summed E-state index contributed by atoms with van der Waals surface area (Å²) in [5, 5.41) is 6.37. The molecule has 0 fully saturated rings. The number of carbonyl (C=O) groups excluding carboxylic acids is 2. The Bertz CT molecular complexity index is 733. The topological polar surface area (TPSA) is 67.4 Å². The van der Waals surface area contributed by atoms with E-state index >= 15 is 0 Å². The molecule has 5 nitrogen and oxygen atoms in total. The zero-order chi connectivity index (χ0) is 17.5. The minimum atomic E-state index is -0.535. The van der Waals surface area contributed by atoms with Crippen molar-refractivity contribution in [1.82, 2.24) is 5.32 Å². The molecule has 0 saturated heterocycles. The van der Waals surface area contributed by atoms with Gasteiger partial charge in [-0.1, -0.05) is 29.3 Å². The van der Waals surface area contributed by atoms with Gasteiger partial charge in [0, 0.05) is 27.8 Å². The molecule has 126 valence electrons. The number of nitrogens with one attached hydrogen (secondary N) is 2. The number of benzene rings is 2. The van der Waals surface area contributed by atoms with Gasteiger partial charge in [-0.05, 0) is 48.9 Å². The van der Waals surface area contributed by atoms with Crippen LogP contribution in [0.1, 0.15) is 22.8 Å². The third kappa shape index (κ3) is 5.15. The van der Waals surface area contributed by atoms with Gasteiger partial charge in [-0.15, -0.1) is 0 Å². The summed E-state index contributed by atoms with van der Waals surface area (Å²) in [6.45, 7) is 2.30. The summed E-state index contributed by atoms with van der Waals surface area (Å²) in [6.07, 6.45) is -0.535. The van der Waals surface area contributed by atoms with Crippen LogP contribution in [0.5, 0.6) is 0 Å². The first-order valence-electron chi connectivity index (χ1n) is 7.25. The molecule has 0 aliphatic heterocycles. The summed E-state index contributed by atoms with van der Waals surface area (Å²) >= 11 is 11.9. The molecule has 2 amide bonds. The molecule has 24 heavy (non-hydrogen) atoms. The van der Waals surface area contributed by atoms with Crippen LogP contribution in [-0.4, -0.2) is 18.6 Å². The van der Waals surface area contributed by atoms with Gasteiger partial charge in [-0.3, -0.25) is 10.1 Å². The smallest absolute Gasteiger partial charge is 0.411 e. The second kappa shape index (κ2) is 8.57. The van der Waals surface area contributed by atoms with Crippen molar-refractivity contribution < 1.29 is 14.3 Å². The number of anilines is 1. The first kappa shape index (κ1) is 18.1. The normalized spacial score (nSPS) is 10.1. The van der Waals surface area contributed by atoms with Gasteiger partial charge in [0.25, 0.3) is 5.91 Å². The molecule has 0 unspecified atom stereocenters. The Morgan fingerprint density at radius 1 is 1.08 bits per heavy atom. The van der Waals surface area contributed by atoms with Crippen LogP contribution in [0.4, 0.5) is 10.5 Å². The van der Waals surface area contributed by atoms with E-state index in [2.05, 4.69) is 10.6 Å². The maximum atomic E-state index is 12.1. The number of hydrogen-bond acceptors (Lipinski definition) is 3. The Morgan fingerprint density at radius 2 is 1.79 bits per heavy atom. The predicted octanol–water partition coefficient (Wildman–Crippen LogP) is 4.49. The van der Waals surface area contributed by atoms with Crippen molar-refractivity contribution in [2.24, 2.45) is 0 Å². The Morgan fingerprint density at radius 3 is 2.42 bits per heavy atom. The summed E-state index contributed by atoms with van der Waals surface area (Å²) in [7, 11) is 0. The van der Waals surface area contributed by atoms with Gasteiger partial charge in [0.1, 0.15) is 0 Å². The average Bonchev–Trinajstić information content (AvgIpc) is 2.54. The van der Waals surface area contributed by atoms with Gasteiger partial charge in [-0.2, -0.15) is 0 Å². The Balaban J connectivity index is 1.93. The van der Waals surface area contributed by atoms with Crippen molar-refractivity contribution in [3.8, 4) is 0 Å².